The van der Waals surface area contributed by atoms with Gasteiger partial charge in [-0.25, -0.2) is 0 Å². The third-order valence-electron chi connectivity index (χ3n) is 3.23. The lowest BCUT2D eigenvalue weighted by atomic mass is 9.92. The van der Waals surface area contributed by atoms with Crippen molar-refractivity contribution in [3.63, 3.8) is 0 Å². The van der Waals surface area contributed by atoms with E-state index in [-0.39, 0.29) is 12.1 Å². The van der Waals surface area contributed by atoms with Gasteiger partial charge < -0.3 is 15.2 Å². The molecule has 1 aromatic carbocycles. The second-order valence-electron chi connectivity index (χ2n) is 4.45. The van der Waals surface area contributed by atoms with E-state index in [4.69, 9.17) is 4.74 Å². The molecule has 0 amide bonds. The molecule has 0 bridgehead atoms. The van der Waals surface area contributed by atoms with Gasteiger partial charge in [-0.15, -0.1) is 0 Å². The van der Waals surface area contributed by atoms with Gasteiger partial charge in [0.05, 0.1) is 24.9 Å². The van der Waals surface area contributed by atoms with Crippen molar-refractivity contribution in [2.75, 3.05) is 12.4 Å². The highest BCUT2D eigenvalue weighted by Gasteiger charge is 2.23. The molecule has 17 heavy (non-hydrogen) atoms. The molecule has 2 N–H and O–H groups in total. The Hall–Kier alpha value is -0.740. The Morgan fingerprint density at radius 1 is 1.35 bits per heavy atom. The van der Waals surface area contributed by atoms with Crippen LogP contribution < -0.4 is 10.1 Å². The molecule has 94 valence electrons. The fraction of sp³-hybridized carbons (Fsp3) is 0.538. The fourth-order valence-electron chi connectivity index (χ4n) is 2.27. The number of hydrogen-bond acceptors (Lipinski definition) is 3. The van der Waals surface area contributed by atoms with Crippen molar-refractivity contribution in [3.8, 4) is 5.75 Å². The van der Waals surface area contributed by atoms with Crippen LogP contribution in [0.4, 0.5) is 5.69 Å². The van der Waals surface area contributed by atoms with Gasteiger partial charge in [0.15, 0.2) is 0 Å². The summed E-state index contributed by atoms with van der Waals surface area (Å²) < 4.78 is 6.32. The molecule has 1 fully saturated rings. The predicted octanol–water partition coefficient (Wildman–Crippen LogP) is 3.17. The zero-order chi connectivity index (χ0) is 12.3. The second kappa shape index (κ2) is 5.74. The van der Waals surface area contributed by atoms with Crippen molar-refractivity contribution in [3.05, 3.63) is 22.7 Å². The van der Waals surface area contributed by atoms with E-state index in [1.54, 1.807) is 7.11 Å². The van der Waals surface area contributed by atoms with Crippen LogP contribution in [0.15, 0.2) is 22.7 Å². The predicted molar refractivity (Wildman–Crippen MR) is 72.6 cm³/mol. The molecule has 1 saturated carbocycles. The number of halogens is 1. The molecule has 1 aliphatic carbocycles. The minimum atomic E-state index is -0.257. The minimum Gasteiger partial charge on any atom is -0.495 e. The number of aliphatic hydroxyl groups excluding tert-OH is 1. The maximum absolute atomic E-state index is 9.95. The van der Waals surface area contributed by atoms with Crippen LogP contribution in [0.5, 0.6) is 5.75 Å². The zero-order valence-electron chi connectivity index (χ0n) is 9.95. The molecule has 4 heteroatoms. The van der Waals surface area contributed by atoms with Crippen LogP contribution >= 0.6 is 15.9 Å². The molecule has 0 saturated heterocycles. The summed E-state index contributed by atoms with van der Waals surface area (Å²) in [5.74, 6) is 0.811. The van der Waals surface area contributed by atoms with Gasteiger partial charge in [-0.1, -0.05) is 28.8 Å². The minimum absolute atomic E-state index is 0.131. The van der Waals surface area contributed by atoms with Crippen LogP contribution in [-0.2, 0) is 0 Å². The third kappa shape index (κ3) is 3.13. The second-order valence-corrected chi connectivity index (χ2v) is 5.36. The summed E-state index contributed by atoms with van der Waals surface area (Å²) >= 11 is 3.45. The maximum Gasteiger partial charge on any atom is 0.142 e. The van der Waals surface area contributed by atoms with Gasteiger partial charge in [-0.2, -0.15) is 0 Å². The number of hydrogen-bond donors (Lipinski definition) is 2. The lowest BCUT2D eigenvalue weighted by Crippen LogP contribution is -2.36. The Kier molecular flexibility index (Phi) is 4.29. The largest absolute Gasteiger partial charge is 0.495 e. The number of rotatable bonds is 3. The monoisotopic (exact) mass is 299 g/mol. The number of nitrogens with one attached hydrogen (secondary N) is 1. The van der Waals surface area contributed by atoms with E-state index in [0.717, 1.165) is 35.2 Å². The summed E-state index contributed by atoms with van der Waals surface area (Å²) in [4.78, 5) is 0. The first kappa shape index (κ1) is 12.7. The molecule has 0 heterocycles. The van der Waals surface area contributed by atoms with E-state index in [1.165, 1.54) is 6.42 Å². The Bertz CT molecular complexity index is 384. The number of anilines is 1. The van der Waals surface area contributed by atoms with Crippen LogP contribution in [0.3, 0.4) is 0 Å². The summed E-state index contributed by atoms with van der Waals surface area (Å²) in [6, 6.07) is 5.98. The van der Waals surface area contributed by atoms with Gasteiger partial charge in [0.1, 0.15) is 5.75 Å². The number of methoxy groups -OCH3 is 1. The highest BCUT2D eigenvalue weighted by atomic mass is 79.9. The number of benzene rings is 1. The van der Waals surface area contributed by atoms with E-state index in [2.05, 4.69) is 21.2 Å². The Morgan fingerprint density at radius 3 is 2.82 bits per heavy atom. The third-order valence-corrected chi connectivity index (χ3v) is 3.73. The van der Waals surface area contributed by atoms with Crippen LogP contribution in [0.1, 0.15) is 25.7 Å². The van der Waals surface area contributed by atoms with Crippen LogP contribution in [0.2, 0.25) is 0 Å². The molecule has 3 nitrogen and oxygen atoms in total. The topological polar surface area (TPSA) is 41.5 Å². The van der Waals surface area contributed by atoms with Crippen molar-refractivity contribution >= 4 is 21.6 Å². The molecule has 0 aliphatic heterocycles. The summed E-state index contributed by atoms with van der Waals surface area (Å²) in [6.07, 6.45) is 3.93. The molecule has 0 aromatic heterocycles. The molecule has 2 rings (SSSR count). The van der Waals surface area contributed by atoms with Crippen LogP contribution in [0.25, 0.3) is 0 Å². The van der Waals surface area contributed by atoms with E-state index in [0.29, 0.717) is 0 Å². The lowest BCUT2D eigenvalue weighted by Gasteiger charge is -2.29. The van der Waals surface area contributed by atoms with Crippen molar-refractivity contribution in [1.82, 2.24) is 0 Å². The standard InChI is InChI=1S/C13H18BrNO2/c1-17-13-7-6-9(14)8-11(13)15-10-4-2-3-5-12(10)16/h6-8,10,12,15-16H,2-5H2,1H3. The lowest BCUT2D eigenvalue weighted by molar-refractivity contribution is 0.116. The Balaban J connectivity index is 2.13. The first-order valence-electron chi connectivity index (χ1n) is 5.99. The molecular formula is C13H18BrNO2. The maximum atomic E-state index is 9.95. The highest BCUT2D eigenvalue weighted by molar-refractivity contribution is 9.10. The summed E-state index contributed by atoms with van der Waals surface area (Å²) in [5.41, 5.74) is 0.938. The van der Waals surface area contributed by atoms with E-state index in [1.807, 2.05) is 18.2 Å². The van der Waals surface area contributed by atoms with E-state index < -0.39 is 0 Å². The fourth-order valence-corrected chi connectivity index (χ4v) is 2.63. The zero-order valence-corrected chi connectivity index (χ0v) is 11.5. The smallest absolute Gasteiger partial charge is 0.142 e. The SMILES string of the molecule is COc1ccc(Br)cc1NC1CCCCC1O. The molecule has 1 aliphatic rings. The molecule has 0 radical (unpaired) electrons. The molecular weight excluding hydrogens is 282 g/mol. The molecule has 1 aromatic rings. The number of ether oxygens (including phenoxy) is 1. The van der Waals surface area contributed by atoms with Gasteiger partial charge in [-0.05, 0) is 31.0 Å². The van der Waals surface area contributed by atoms with Crippen molar-refractivity contribution in [1.29, 1.82) is 0 Å². The van der Waals surface area contributed by atoms with Crippen molar-refractivity contribution in [2.24, 2.45) is 0 Å². The van der Waals surface area contributed by atoms with Crippen molar-refractivity contribution in [2.45, 2.75) is 37.8 Å². The Morgan fingerprint density at radius 2 is 2.12 bits per heavy atom. The van der Waals surface area contributed by atoms with Crippen molar-refractivity contribution < 1.29 is 9.84 Å². The van der Waals surface area contributed by atoms with Gasteiger partial charge in [-0.3, -0.25) is 0 Å². The average Bonchev–Trinajstić information content (AvgIpc) is 2.32. The molecule has 0 spiro atoms. The highest BCUT2D eigenvalue weighted by Crippen LogP contribution is 2.31. The van der Waals surface area contributed by atoms with Crippen LogP contribution in [0, 0.1) is 0 Å². The normalized spacial score (nSPS) is 24.4. The molecule has 2 atom stereocenters. The number of aliphatic hydroxyl groups is 1. The first-order chi connectivity index (χ1) is 8.20. The first-order valence-corrected chi connectivity index (χ1v) is 6.78. The van der Waals surface area contributed by atoms with Crippen LogP contribution in [-0.4, -0.2) is 24.4 Å². The Labute approximate surface area is 110 Å². The van der Waals surface area contributed by atoms with E-state index >= 15 is 0 Å². The van der Waals surface area contributed by atoms with E-state index in [9.17, 15) is 5.11 Å². The van der Waals surface area contributed by atoms with Gasteiger partial charge in [0.2, 0.25) is 0 Å². The average molecular weight is 300 g/mol. The van der Waals surface area contributed by atoms with Gasteiger partial charge in [0.25, 0.3) is 0 Å². The molecule has 2 unspecified atom stereocenters. The summed E-state index contributed by atoms with van der Waals surface area (Å²) in [7, 11) is 1.66. The van der Waals surface area contributed by atoms with Gasteiger partial charge >= 0.3 is 0 Å². The summed E-state index contributed by atoms with van der Waals surface area (Å²) in [5, 5.41) is 13.3. The quantitative estimate of drug-likeness (QED) is 0.901. The summed E-state index contributed by atoms with van der Waals surface area (Å²) in [6.45, 7) is 0. The van der Waals surface area contributed by atoms with Gasteiger partial charge in [0, 0.05) is 4.47 Å².